The van der Waals surface area contributed by atoms with E-state index in [4.69, 9.17) is 21.1 Å². The monoisotopic (exact) mass is 432 g/mol. The standard InChI is InChI=1S/C24H33ClN2O3/c1-4-5-6-17-26(2)18-7-8-19-29-22-15-11-21(12-16-22)27(3)24(28)30-23-13-9-20(25)10-14-23/h9-16H,4-8,17-19H2,1-3H3. The minimum Gasteiger partial charge on any atom is -0.494 e. The third-order valence-corrected chi connectivity index (χ3v) is 5.11. The molecule has 2 rings (SSSR count). The van der Waals surface area contributed by atoms with Gasteiger partial charge in [-0.05, 0) is 87.9 Å². The molecule has 1 amide bonds. The summed E-state index contributed by atoms with van der Waals surface area (Å²) in [5.41, 5.74) is 0.731. The maximum atomic E-state index is 12.3. The number of benzene rings is 2. The van der Waals surface area contributed by atoms with E-state index in [1.54, 1.807) is 31.3 Å². The molecule has 30 heavy (non-hydrogen) atoms. The van der Waals surface area contributed by atoms with Gasteiger partial charge in [0.05, 0.1) is 6.61 Å². The largest absolute Gasteiger partial charge is 0.494 e. The van der Waals surface area contributed by atoms with Crippen LogP contribution in [0.5, 0.6) is 11.5 Å². The van der Waals surface area contributed by atoms with Crippen molar-refractivity contribution in [2.45, 2.75) is 39.0 Å². The summed E-state index contributed by atoms with van der Waals surface area (Å²) in [6.45, 7) is 5.20. The van der Waals surface area contributed by atoms with Crippen LogP contribution in [0, 0.1) is 0 Å². The molecule has 0 saturated heterocycles. The molecule has 0 radical (unpaired) electrons. The van der Waals surface area contributed by atoms with Gasteiger partial charge < -0.3 is 14.4 Å². The van der Waals surface area contributed by atoms with E-state index in [-0.39, 0.29) is 0 Å². The van der Waals surface area contributed by atoms with Crippen LogP contribution < -0.4 is 14.4 Å². The average molecular weight is 433 g/mol. The summed E-state index contributed by atoms with van der Waals surface area (Å²) in [6, 6.07) is 14.1. The van der Waals surface area contributed by atoms with Crippen molar-refractivity contribution in [1.82, 2.24) is 4.90 Å². The lowest BCUT2D eigenvalue weighted by molar-refractivity contribution is 0.209. The fourth-order valence-electron chi connectivity index (χ4n) is 2.96. The van der Waals surface area contributed by atoms with Gasteiger partial charge in [0.1, 0.15) is 11.5 Å². The second-order valence-electron chi connectivity index (χ2n) is 7.44. The third kappa shape index (κ3) is 8.64. The first-order valence-corrected chi connectivity index (χ1v) is 11.0. The van der Waals surface area contributed by atoms with Gasteiger partial charge in [-0.1, -0.05) is 31.4 Å². The molecule has 2 aromatic carbocycles. The van der Waals surface area contributed by atoms with E-state index in [9.17, 15) is 4.79 Å². The normalized spacial score (nSPS) is 10.8. The molecular weight excluding hydrogens is 400 g/mol. The van der Waals surface area contributed by atoms with E-state index >= 15 is 0 Å². The molecule has 0 heterocycles. The second-order valence-corrected chi connectivity index (χ2v) is 7.88. The quantitative estimate of drug-likeness (QED) is 0.371. The molecule has 0 unspecified atom stereocenters. The molecule has 5 nitrogen and oxygen atoms in total. The Morgan fingerprint density at radius 3 is 2.10 bits per heavy atom. The van der Waals surface area contributed by atoms with E-state index in [1.807, 2.05) is 24.3 Å². The van der Waals surface area contributed by atoms with Crippen molar-refractivity contribution in [2.24, 2.45) is 0 Å². The summed E-state index contributed by atoms with van der Waals surface area (Å²) >= 11 is 5.85. The number of ether oxygens (including phenoxy) is 2. The third-order valence-electron chi connectivity index (χ3n) is 4.86. The summed E-state index contributed by atoms with van der Waals surface area (Å²) in [6.07, 6.45) is 5.52. The Labute approximate surface area is 185 Å². The number of nitrogens with zero attached hydrogens (tertiary/aromatic N) is 2. The number of hydrogen-bond donors (Lipinski definition) is 0. The van der Waals surface area contributed by atoms with Crippen LogP contribution in [0.3, 0.4) is 0 Å². The summed E-state index contributed by atoms with van der Waals surface area (Å²) in [4.78, 5) is 16.1. The van der Waals surface area contributed by atoms with E-state index in [2.05, 4.69) is 18.9 Å². The number of anilines is 1. The van der Waals surface area contributed by atoms with Crippen LogP contribution in [0.4, 0.5) is 10.5 Å². The van der Waals surface area contributed by atoms with Crippen molar-refractivity contribution >= 4 is 23.4 Å². The fourth-order valence-corrected chi connectivity index (χ4v) is 3.09. The van der Waals surface area contributed by atoms with Gasteiger partial charge in [-0.25, -0.2) is 4.79 Å². The minimum atomic E-state index is -0.464. The summed E-state index contributed by atoms with van der Waals surface area (Å²) in [5, 5.41) is 0.595. The molecule has 0 spiro atoms. The van der Waals surface area contributed by atoms with Crippen LogP contribution in [0.15, 0.2) is 48.5 Å². The molecule has 0 atom stereocenters. The van der Waals surface area contributed by atoms with Crippen molar-refractivity contribution in [3.8, 4) is 11.5 Å². The average Bonchev–Trinajstić information content (AvgIpc) is 2.75. The zero-order valence-corrected chi connectivity index (χ0v) is 19.0. The van der Waals surface area contributed by atoms with Crippen LogP contribution in [0.2, 0.25) is 5.02 Å². The summed E-state index contributed by atoms with van der Waals surface area (Å²) in [5.74, 6) is 1.25. The van der Waals surface area contributed by atoms with Gasteiger partial charge in [-0.2, -0.15) is 0 Å². The van der Waals surface area contributed by atoms with Crippen molar-refractivity contribution in [3.63, 3.8) is 0 Å². The molecular formula is C24H33ClN2O3. The zero-order chi connectivity index (χ0) is 21.8. The molecule has 0 N–H and O–H groups in total. The van der Waals surface area contributed by atoms with Gasteiger partial charge in [0.15, 0.2) is 0 Å². The maximum absolute atomic E-state index is 12.3. The lowest BCUT2D eigenvalue weighted by atomic mass is 10.2. The molecule has 0 fully saturated rings. The molecule has 0 aliphatic carbocycles. The number of unbranched alkanes of at least 4 members (excludes halogenated alkanes) is 3. The van der Waals surface area contributed by atoms with E-state index < -0.39 is 6.09 Å². The van der Waals surface area contributed by atoms with Crippen LogP contribution >= 0.6 is 11.6 Å². The van der Waals surface area contributed by atoms with Crippen LogP contribution in [-0.2, 0) is 0 Å². The molecule has 2 aromatic rings. The lowest BCUT2D eigenvalue weighted by Crippen LogP contribution is -2.29. The number of carbonyl (C=O) groups excluding carboxylic acids is 1. The van der Waals surface area contributed by atoms with E-state index in [1.165, 1.54) is 30.7 Å². The van der Waals surface area contributed by atoms with Crippen molar-refractivity contribution in [2.75, 3.05) is 38.7 Å². The van der Waals surface area contributed by atoms with Gasteiger partial charge in [0, 0.05) is 17.8 Å². The predicted octanol–water partition coefficient (Wildman–Crippen LogP) is 6.26. The Kier molecular flexibility index (Phi) is 10.5. The Hall–Kier alpha value is -2.24. The van der Waals surface area contributed by atoms with Gasteiger partial charge in [-0.15, -0.1) is 0 Å². The smallest absolute Gasteiger partial charge is 0.419 e. The SMILES string of the molecule is CCCCCN(C)CCCCOc1ccc(N(C)C(=O)Oc2ccc(Cl)cc2)cc1. The van der Waals surface area contributed by atoms with Crippen LogP contribution in [0.25, 0.3) is 0 Å². The van der Waals surface area contributed by atoms with Gasteiger partial charge in [-0.3, -0.25) is 4.90 Å². The fraction of sp³-hybridized carbons (Fsp3) is 0.458. The lowest BCUT2D eigenvalue weighted by Gasteiger charge is -2.18. The molecule has 164 valence electrons. The first-order chi connectivity index (χ1) is 14.5. The van der Waals surface area contributed by atoms with Crippen molar-refractivity contribution < 1.29 is 14.3 Å². The minimum absolute atomic E-state index is 0.451. The Bertz CT molecular complexity index is 750. The molecule has 0 aromatic heterocycles. The van der Waals surface area contributed by atoms with Gasteiger partial charge in [0.2, 0.25) is 0 Å². The maximum Gasteiger partial charge on any atom is 0.419 e. The molecule has 0 aliphatic heterocycles. The summed E-state index contributed by atoms with van der Waals surface area (Å²) < 4.78 is 11.2. The topological polar surface area (TPSA) is 42.0 Å². The van der Waals surface area contributed by atoms with Gasteiger partial charge >= 0.3 is 6.09 Å². The molecule has 6 heteroatoms. The Balaban J connectivity index is 1.69. The van der Waals surface area contributed by atoms with Gasteiger partial charge in [0.25, 0.3) is 0 Å². The number of halogens is 1. The summed E-state index contributed by atoms with van der Waals surface area (Å²) in [7, 11) is 3.86. The first kappa shape index (κ1) is 24.0. The first-order valence-electron chi connectivity index (χ1n) is 10.6. The molecule has 0 aliphatic rings. The highest BCUT2D eigenvalue weighted by Crippen LogP contribution is 2.21. The van der Waals surface area contributed by atoms with E-state index in [0.717, 1.165) is 30.8 Å². The second kappa shape index (κ2) is 13.1. The van der Waals surface area contributed by atoms with E-state index in [0.29, 0.717) is 17.4 Å². The van der Waals surface area contributed by atoms with Crippen molar-refractivity contribution in [3.05, 3.63) is 53.6 Å². The zero-order valence-electron chi connectivity index (χ0n) is 18.3. The van der Waals surface area contributed by atoms with Crippen LogP contribution in [0.1, 0.15) is 39.0 Å². The van der Waals surface area contributed by atoms with Crippen LogP contribution in [-0.4, -0.2) is 44.8 Å². The predicted molar refractivity (Wildman–Crippen MR) is 124 cm³/mol. The highest BCUT2D eigenvalue weighted by molar-refractivity contribution is 6.30. The highest BCUT2D eigenvalue weighted by atomic mass is 35.5. The number of carbonyl (C=O) groups is 1. The number of rotatable bonds is 12. The molecule has 0 bridgehead atoms. The number of hydrogen-bond acceptors (Lipinski definition) is 4. The highest BCUT2D eigenvalue weighted by Gasteiger charge is 2.13. The molecule has 0 saturated carbocycles. The Morgan fingerprint density at radius 2 is 1.47 bits per heavy atom. The number of amides is 1. The van der Waals surface area contributed by atoms with Crippen molar-refractivity contribution in [1.29, 1.82) is 0 Å². The Morgan fingerprint density at radius 1 is 0.867 bits per heavy atom.